The lowest BCUT2D eigenvalue weighted by Crippen LogP contribution is -2.27. The van der Waals surface area contributed by atoms with E-state index in [1.807, 2.05) is 0 Å². The zero-order chi connectivity index (χ0) is 8.97. The third-order valence-electron chi connectivity index (χ3n) is 1.80. The summed E-state index contributed by atoms with van der Waals surface area (Å²) in [4.78, 5) is 10.4. The van der Waals surface area contributed by atoms with Crippen LogP contribution in [0.3, 0.4) is 0 Å². The molecule has 0 aliphatic carbocycles. The maximum absolute atomic E-state index is 10.4. The van der Waals surface area contributed by atoms with E-state index >= 15 is 0 Å². The van der Waals surface area contributed by atoms with Crippen LogP contribution in [0.4, 0.5) is 0 Å². The van der Waals surface area contributed by atoms with Gasteiger partial charge in [0.05, 0.1) is 5.97 Å². The van der Waals surface area contributed by atoms with Crippen molar-refractivity contribution in [2.75, 3.05) is 6.61 Å². The smallest absolute Gasteiger partial charge is 0.239 e. The molecule has 0 bridgehead atoms. The van der Waals surface area contributed by atoms with Crippen LogP contribution in [0.25, 0.3) is 0 Å². The average molecular weight is 184 g/mol. The average Bonchev–Trinajstić information content (AvgIpc) is 2.06. The van der Waals surface area contributed by atoms with Crippen LogP contribution < -0.4 is 5.11 Å². The third kappa shape index (κ3) is 2.79. The molecule has 1 aliphatic heterocycles. The van der Waals surface area contributed by atoms with Crippen molar-refractivity contribution in [2.24, 2.45) is 0 Å². The molecule has 0 spiro atoms. The summed E-state index contributed by atoms with van der Waals surface area (Å²) >= 11 is 0. The molecule has 1 radical (unpaired) electrons. The van der Waals surface area contributed by atoms with E-state index in [2.05, 4.69) is 0 Å². The molecule has 67 valence electrons. The van der Waals surface area contributed by atoms with Crippen molar-refractivity contribution in [2.45, 2.75) is 25.8 Å². The lowest BCUT2D eigenvalue weighted by Gasteiger charge is -2.18. The number of carboxylic acids is 1. The van der Waals surface area contributed by atoms with Crippen LogP contribution in [-0.2, 0) is 9.22 Å². The molecule has 1 fully saturated rings. The molecule has 0 saturated carbocycles. The van der Waals surface area contributed by atoms with E-state index < -0.39 is 15.0 Å². The number of rotatable bonds is 2. The van der Waals surface area contributed by atoms with Crippen molar-refractivity contribution in [3.05, 3.63) is 11.3 Å². The van der Waals surface area contributed by atoms with Gasteiger partial charge in [0, 0.05) is 6.61 Å². The topological polar surface area (TPSA) is 49.4 Å². The first kappa shape index (κ1) is 9.47. The lowest BCUT2D eigenvalue weighted by atomic mass is 10.4. The Kier molecular flexibility index (Phi) is 3.49. The van der Waals surface area contributed by atoms with Crippen molar-refractivity contribution in [1.82, 2.24) is 0 Å². The van der Waals surface area contributed by atoms with Crippen molar-refractivity contribution in [3.63, 3.8) is 0 Å². The summed E-state index contributed by atoms with van der Waals surface area (Å²) < 4.78 is 5.43. The van der Waals surface area contributed by atoms with E-state index in [-0.39, 0.29) is 0 Å². The van der Waals surface area contributed by atoms with Crippen LogP contribution in [0.2, 0.25) is 6.04 Å². The fourth-order valence-corrected chi connectivity index (χ4v) is 3.07. The Hall–Kier alpha value is -0.613. The van der Waals surface area contributed by atoms with Gasteiger partial charge in [-0.25, -0.2) is 0 Å². The highest BCUT2D eigenvalue weighted by Gasteiger charge is 2.14. The number of aliphatic carboxylic acids is 1. The summed E-state index contributed by atoms with van der Waals surface area (Å²) in [6.07, 6.45) is 2.26. The van der Waals surface area contributed by atoms with Gasteiger partial charge < -0.3 is 14.3 Å². The largest absolute Gasteiger partial charge is 0.545 e. The van der Waals surface area contributed by atoms with Crippen LogP contribution >= 0.6 is 0 Å². The number of carbonyl (C=O) groups excluding carboxylic acids is 1. The van der Waals surface area contributed by atoms with Crippen molar-refractivity contribution < 1.29 is 14.3 Å². The van der Waals surface area contributed by atoms with E-state index in [0.29, 0.717) is 5.57 Å². The van der Waals surface area contributed by atoms with Gasteiger partial charge in [-0.15, -0.1) is 0 Å². The number of carbonyl (C=O) groups is 1. The summed E-state index contributed by atoms with van der Waals surface area (Å²) in [6, 6.07) is 1.02. The predicted octanol–water partition coefficient (Wildman–Crippen LogP) is 0.0237. The molecule has 1 aliphatic rings. The molecule has 0 unspecified atom stereocenters. The minimum absolute atomic E-state index is 0.311. The van der Waals surface area contributed by atoms with Gasteiger partial charge in [-0.2, -0.15) is 0 Å². The Morgan fingerprint density at radius 3 is 2.83 bits per heavy atom. The molecule has 0 aromatic heterocycles. The molecule has 1 heterocycles. The van der Waals surface area contributed by atoms with Gasteiger partial charge in [0.25, 0.3) is 0 Å². The Labute approximate surface area is 73.8 Å². The van der Waals surface area contributed by atoms with Gasteiger partial charge >= 0.3 is 0 Å². The summed E-state index contributed by atoms with van der Waals surface area (Å²) in [6.45, 7) is 2.34. The quantitative estimate of drug-likeness (QED) is 0.449. The van der Waals surface area contributed by atoms with E-state index in [1.165, 1.54) is 0 Å². The first-order valence-electron chi connectivity index (χ1n) is 4.08. The molecule has 1 saturated heterocycles. The zero-order valence-corrected chi connectivity index (χ0v) is 8.13. The second kappa shape index (κ2) is 4.42. The Morgan fingerprint density at radius 2 is 2.33 bits per heavy atom. The fourth-order valence-electron chi connectivity index (χ4n) is 1.09. The van der Waals surface area contributed by atoms with Crippen molar-refractivity contribution >= 4 is 15.0 Å². The van der Waals surface area contributed by atoms with Crippen molar-refractivity contribution in [1.29, 1.82) is 0 Å². The number of hydrogen-bond acceptors (Lipinski definition) is 3. The van der Waals surface area contributed by atoms with E-state index in [4.69, 9.17) is 4.43 Å². The van der Waals surface area contributed by atoms with Crippen LogP contribution in [0.15, 0.2) is 11.3 Å². The molecular formula is C8H12O3Si-. The Balaban J connectivity index is 2.47. The van der Waals surface area contributed by atoms with Crippen LogP contribution in [0.5, 0.6) is 0 Å². The van der Waals surface area contributed by atoms with Crippen LogP contribution in [0.1, 0.15) is 19.8 Å². The molecule has 1 rings (SSSR count). The molecule has 0 aromatic rings. The van der Waals surface area contributed by atoms with Gasteiger partial charge in [0.1, 0.15) is 0 Å². The Morgan fingerprint density at radius 1 is 1.58 bits per heavy atom. The highest BCUT2D eigenvalue weighted by Crippen LogP contribution is 2.12. The van der Waals surface area contributed by atoms with Crippen LogP contribution in [-0.4, -0.2) is 21.6 Å². The summed E-state index contributed by atoms with van der Waals surface area (Å²) in [7, 11) is -0.975. The predicted molar refractivity (Wildman–Crippen MR) is 44.5 cm³/mol. The molecule has 0 aromatic carbocycles. The molecule has 0 amide bonds. The van der Waals surface area contributed by atoms with E-state index in [1.54, 1.807) is 12.6 Å². The third-order valence-corrected chi connectivity index (χ3v) is 3.98. The van der Waals surface area contributed by atoms with Gasteiger partial charge in [-0.1, -0.05) is 12.1 Å². The SMILES string of the molecule is C/C(=C\[Si]1CCCCO1)C(=O)[O-]. The molecule has 0 N–H and O–H groups in total. The normalized spacial score (nSPS) is 20.9. The minimum atomic E-state index is -1.08. The maximum atomic E-state index is 10.4. The number of carboxylic acid groups (broad SMARTS) is 1. The molecule has 12 heavy (non-hydrogen) atoms. The summed E-state index contributed by atoms with van der Waals surface area (Å²) in [5, 5.41) is 10.4. The van der Waals surface area contributed by atoms with Gasteiger partial charge in [-0.05, 0) is 25.0 Å². The molecule has 4 heteroatoms. The van der Waals surface area contributed by atoms with E-state index in [0.717, 1.165) is 25.5 Å². The monoisotopic (exact) mass is 184 g/mol. The van der Waals surface area contributed by atoms with Crippen LogP contribution in [0, 0.1) is 0 Å². The zero-order valence-electron chi connectivity index (χ0n) is 7.13. The summed E-state index contributed by atoms with van der Waals surface area (Å²) in [5.74, 6) is -1.08. The molecule has 3 nitrogen and oxygen atoms in total. The summed E-state index contributed by atoms with van der Waals surface area (Å²) in [5.41, 5.74) is 2.05. The van der Waals surface area contributed by atoms with E-state index in [9.17, 15) is 9.90 Å². The number of hydrogen-bond donors (Lipinski definition) is 0. The second-order valence-corrected chi connectivity index (χ2v) is 4.90. The van der Waals surface area contributed by atoms with Gasteiger partial charge in [-0.3, -0.25) is 0 Å². The Bertz CT molecular complexity index is 194. The van der Waals surface area contributed by atoms with Crippen molar-refractivity contribution in [3.8, 4) is 0 Å². The standard InChI is InChI=1S/C8H13O3Si/c1-7(8(9)10)6-12-5-3-2-4-11-12/h6H,2-5H2,1H3,(H,9,10)/p-1/b7-6+. The minimum Gasteiger partial charge on any atom is -0.545 e. The van der Waals surface area contributed by atoms with Gasteiger partial charge in [0.15, 0.2) is 0 Å². The first-order valence-corrected chi connectivity index (χ1v) is 5.77. The fraction of sp³-hybridized carbons (Fsp3) is 0.625. The second-order valence-electron chi connectivity index (χ2n) is 2.89. The molecule has 0 atom stereocenters. The maximum Gasteiger partial charge on any atom is 0.239 e. The first-order chi connectivity index (χ1) is 5.70. The highest BCUT2D eigenvalue weighted by atomic mass is 28.3. The van der Waals surface area contributed by atoms with Gasteiger partial charge in [0.2, 0.25) is 9.04 Å². The lowest BCUT2D eigenvalue weighted by molar-refractivity contribution is -0.299. The molecular weight excluding hydrogens is 172 g/mol. The highest BCUT2D eigenvalue weighted by molar-refractivity contribution is 6.58.